The van der Waals surface area contributed by atoms with E-state index in [0.29, 0.717) is 0 Å². The Morgan fingerprint density at radius 1 is 0.935 bits per heavy atom. The quantitative estimate of drug-likeness (QED) is 0.373. The van der Waals surface area contributed by atoms with Crippen LogP contribution in [0, 0.1) is 20.8 Å². The summed E-state index contributed by atoms with van der Waals surface area (Å²) in [6, 6.07) is 26.3. The molecular weight excluding hydrogens is 402 g/mol. The Hall–Kier alpha value is -3.31. The van der Waals surface area contributed by atoms with Crippen molar-refractivity contribution in [2.75, 3.05) is 11.1 Å². The van der Waals surface area contributed by atoms with Gasteiger partial charge in [0.1, 0.15) is 0 Å². The Kier molecular flexibility index (Phi) is 6.23. The summed E-state index contributed by atoms with van der Waals surface area (Å²) in [5, 5.41) is 3.81. The van der Waals surface area contributed by atoms with Crippen LogP contribution in [-0.4, -0.2) is 21.2 Å². The van der Waals surface area contributed by atoms with Crippen molar-refractivity contribution in [3.63, 3.8) is 0 Å². The fourth-order valence-corrected chi connectivity index (χ4v) is 4.40. The smallest absolute Gasteiger partial charge is 0.234 e. The number of anilines is 1. The molecule has 0 bridgehead atoms. The number of nitrogens with one attached hydrogen (secondary N) is 1. The third-order valence-electron chi connectivity index (χ3n) is 5.14. The number of amides is 1. The van der Waals surface area contributed by atoms with E-state index in [4.69, 9.17) is 4.98 Å². The minimum atomic E-state index is -0.0444. The Labute approximate surface area is 187 Å². The molecule has 0 atom stereocenters. The summed E-state index contributed by atoms with van der Waals surface area (Å²) in [5.41, 5.74) is 7.18. The van der Waals surface area contributed by atoms with E-state index in [9.17, 15) is 4.79 Å². The molecule has 1 N–H and O–H groups in total. The van der Waals surface area contributed by atoms with Crippen LogP contribution in [0.2, 0.25) is 0 Å². The van der Waals surface area contributed by atoms with Crippen molar-refractivity contribution in [2.24, 2.45) is 0 Å². The third-order valence-corrected chi connectivity index (χ3v) is 6.07. The molecular formula is C26H25N3OS. The molecule has 1 aromatic heterocycles. The lowest BCUT2D eigenvalue weighted by molar-refractivity contribution is -0.113. The van der Waals surface area contributed by atoms with Gasteiger partial charge in [-0.2, -0.15) is 0 Å². The molecule has 4 rings (SSSR count). The van der Waals surface area contributed by atoms with Crippen LogP contribution in [0.3, 0.4) is 0 Å². The Morgan fingerprint density at radius 2 is 1.68 bits per heavy atom. The Morgan fingerprint density at radius 3 is 2.42 bits per heavy atom. The fourth-order valence-electron chi connectivity index (χ4n) is 3.54. The van der Waals surface area contributed by atoms with Crippen LogP contribution in [0.5, 0.6) is 0 Å². The molecule has 5 heteroatoms. The monoisotopic (exact) mass is 427 g/mol. The molecule has 0 spiro atoms. The van der Waals surface area contributed by atoms with Crippen molar-refractivity contribution in [2.45, 2.75) is 25.9 Å². The number of thioether (sulfide) groups is 1. The van der Waals surface area contributed by atoms with Gasteiger partial charge in [-0.1, -0.05) is 72.4 Å². The van der Waals surface area contributed by atoms with Gasteiger partial charge in [-0.25, -0.2) is 4.98 Å². The first-order chi connectivity index (χ1) is 15.0. The lowest BCUT2D eigenvalue weighted by atomic mass is 10.1. The van der Waals surface area contributed by atoms with Crippen molar-refractivity contribution in [1.82, 2.24) is 9.55 Å². The molecule has 0 aliphatic heterocycles. The highest BCUT2D eigenvalue weighted by Gasteiger charge is 2.18. The summed E-state index contributed by atoms with van der Waals surface area (Å²) < 4.78 is 2.14. The van der Waals surface area contributed by atoms with Gasteiger partial charge in [0.25, 0.3) is 0 Å². The van der Waals surface area contributed by atoms with Gasteiger partial charge in [-0.3, -0.25) is 9.36 Å². The number of aromatic nitrogens is 2. The van der Waals surface area contributed by atoms with E-state index < -0.39 is 0 Å². The number of benzene rings is 3. The Balaban J connectivity index is 1.64. The number of nitrogens with zero attached hydrogens (tertiary/aromatic N) is 2. The van der Waals surface area contributed by atoms with E-state index in [-0.39, 0.29) is 11.7 Å². The highest BCUT2D eigenvalue weighted by Crippen LogP contribution is 2.31. The van der Waals surface area contributed by atoms with Gasteiger partial charge in [0.2, 0.25) is 5.91 Å². The lowest BCUT2D eigenvalue weighted by Gasteiger charge is -2.11. The maximum Gasteiger partial charge on any atom is 0.234 e. The first-order valence-corrected chi connectivity index (χ1v) is 11.2. The molecule has 1 heterocycles. The zero-order valence-corrected chi connectivity index (χ0v) is 18.7. The van der Waals surface area contributed by atoms with Crippen LogP contribution in [0.1, 0.15) is 16.8 Å². The van der Waals surface area contributed by atoms with Crippen LogP contribution in [-0.2, 0) is 4.79 Å². The summed E-state index contributed by atoms with van der Waals surface area (Å²) in [7, 11) is 0. The van der Waals surface area contributed by atoms with E-state index in [1.807, 2.05) is 55.5 Å². The molecule has 1 amide bonds. The highest BCUT2D eigenvalue weighted by atomic mass is 32.2. The zero-order valence-electron chi connectivity index (χ0n) is 17.9. The van der Waals surface area contributed by atoms with E-state index >= 15 is 0 Å². The Bertz CT molecular complexity index is 1210. The van der Waals surface area contributed by atoms with E-state index in [0.717, 1.165) is 39.0 Å². The summed E-state index contributed by atoms with van der Waals surface area (Å²) in [6.45, 7) is 6.15. The molecule has 0 saturated carbocycles. The van der Waals surface area contributed by atoms with Gasteiger partial charge in [0.15, 0.2) is 5.16 Å². The van der Waals surface area contributed by atoms with Crippen LogP contribution < -0.4 is 5.32 Å². The van der Waals surface area contributed by atoms with E-state index in [1.165, 1.54) is 17.3 Å². The van der Waals surface area contributed by atoms with E-state index in [2.05, 4.69) is 54.1 Å². The van der Waals surface area contributed by atoms with Crippen LogP contribution in [0.15, 0.2) is 84.0 Å². The van der Waals surface area contributed by atoms with Crippen LogP contribution in [0.4, 0.5) is 5.69 Å². The van der Waals surface area contributed by atoms with Crippen molar-refractivity contribution in [3.8, 4) is 16.9 Å². The number of rotatable bonds is 6. The van der Waals surface area contributed by atoms with Crippen molar-refractivity contribution < 1.29 is 4.79 Å². The van der Waals surface area contributed by atoms with Crippen molar-refractivity contribution in [1.29, 1.82) is 0 Å². The summed E-state index contributed by atoms with van der Waals surface area (Å²) in [4.78, 5) is 17.6. The first-order valence-electron chi connectivity index (χ1n) is 10.2. The molecule has 31 heavy (non-hydrogen) atoms. The highest BCUT2D eigenvalue weighted by molar-refractivity contribution is 7.99. The molecule has 4 nitrogen and oxygen atoms in total. The third kappa shape index (κ3) is 4.72. The standard InChI is InChI=1S/C26H25N3OS/c1-18-10-9-14-22(16-18)29-20(3)25(21-12-5-4-6-13-21)28-26(29)31-17-24(30)27-23-15-8-7-11-19(23)2/h4-16H,17H2,1-3H3,(H,27,30). The van der Waals surface area contributed by atoms with Crippen molar-refractivity contribution >= 4 is 23.4 Å². The van der Waals surface area contributed by atoms with Gasteiger partial charge in [0, 0.05) is 22.6 Å². The number of para-hydroxylation sites is 1. The topological polar surface area (TPSA) is 46.9 Å². The SMILES string of the molecule is Cc1cccc(-n2c(SCC(=O)Nc3ccccc3C)nc(-c3ccccc3)c2C)c1. The second-order valence-electron chi connectivity index (χ2n) is 7.52. The predicted molar refractivity (Wildman–Crippen MR) is 129 cm³/mol. The second-order valence-corrected chi connectivity index (χ2v) is 8.46. The normalized spacial score (nSPS) is 10.8. The number of carbonyl (C=O) groups is 1. The minimum absolute atomic E-state index is 0.0444. The predicted octanol–water partition coefficient (Wildman–Crippen LogP) is 6.20. The maximum absolute atomic E-state index is 12.6. The van der Waals surface area contributed by atoms with Crippen molar-refractivity contribution in [3.05, 3.63) is 95.7 Å². The number of carbonyl (C=O) groups excluding carboxylic acids is 1. The van der Waals surface area contributed by atoms with Gasteiger partial charge >= 0.3 is 0 Å². The van der Waals surface area contributed by atoms with Gasteiger partial charge < -0.3 is 5.32 Å². The maximum atomic E-state index is 12.6. The number of hydrogen-bond acceptors (Lipinski definition) is 3. The molecule has 156 valence electrons. The average Bonchev–Trinajstić information content (AvgIpc) is 3.10. The van der Waals surface area contributed by atoms with Crippen LogP contribution in [0.25, 0.3) is 16.9 Å². The zero-order chi connectivity index (χ0) is 21.8. The first kappa shape index (κ1) is 20.9. The molecule has 0 aliphatic carbocycles. The molecule has 0 saturated heterocycles. The molecule has 4 aromatic rings. The van der Waals surface area contributed by atoms with E-state index in [1.54, 1.807) is 0 Å². The number of hydrogen-bond donors (Lipinski definition) is 1. The second kappa shape index (κ2) is 9.23. The number of aryl methyl sites for hydroxylation is 2. The molecule has 0 radical (unpaired) electrons. The molecule has 0 fully saturated rings. The lowest BCUT2D eigenvalue weighted by Crippen LogP contribution is -2.15. The summed E-state index contributed by atoms with van der Waals surface area (Å²) in [5.74, 6) is 0.238. The van der Waals surface area contributed by atoms with Crippen LogP contribution >= 0.6 is 11.8 Å². The molecule has 3 aromatic carbocycles. The van der Waals surface area contributed by atoms with Gasteiger partial charge in [-0.05, 0) is 50.1 Å². The fraction of sp³-hybridized carbons (Fsp3) is 0.154. The summed E-state index contributed by atoms with van der Waals surface area (Å²) >= 11 is 1.45. The minimum Gasteiger partial charge on any atom is -0.325 e. The average molecular weight is 428 g/mol. The summed E-state index contributed by atoms with van der Waals surface area (Å²) in [6.07, 6.45) is 0. The van der Waals surface area contributed by atoms with Gasteiger partial charge in [0.05, 0.1) is 11.4 Å². The van der Waals surface area contributed by atoms with Gasteiger partial charge in [-0.15, -0.1) is 0 Å². The number of imidazole rings is 1. The molecule has 0 unspecified atom stereocenters. The molecule has 0 aliphatic rings. The largest absolute Gasteiger partial charge is 0.325 e.